The molecule has 0 bridgehead atoms. The van der Waals surface area contributed by atoms with Crippen molar-refractivity contribution in [1.82, 2.24) is 9.88 Å². The second-order valence-electron chi connectivity index (χ2n) is 9.28. The number of aromatic amines is 1. The van der Waals surface area contributed by atoms with Crippen molar-refractivity contribution in [2.75, 3.05) is 6.54 Å². The van der Waals surface area contributed by atoms with E-state index in [1.54, 1.807) is 12.5 Å². The van der Waals surface area contributed by atoms with E-state index in [-0.39, 0.29) is 17.4 Å². The normalized spacial score (nSPS) is 16.1. The third kappa shape index (κ3) is 4.24. The summed E-state index contributed by atoms with van der Waals surface area (Å²) in [6.07, 6.45) is 7.28. The molecular weight excluding hydrogens is 443 g/mol. The summed E-state index contributed by atoms with van der Waals surface area (Å²) >= 11 is 0. The Kier molecular flexibility index (Phi) is 5.75. The third-order valence-corrected chi connectivity index (χ3v) is 6.82. The van der Waals surface area contributed by atoms with Crippen molar-refractivity contribution < 1.29 is 22.7 Å². The van der Waals surface area contributed by atoms with Crippen LogP contribution in [0.5, 0.6) is 5.75 Å². The molecule has 1 atom stereocenters. The summed E-state index contributed by atoms with van der Waals surface area (Å²) in [5, 5.41) is 0.550. The number of nitrogens with zero attached hydrogens (tertiary/aromatic N) is 1. The number of benzene rings is 2. The first-order valence-corrected chi connectivity index (χ1v) is 11.5. The van der Waals surface area contributed by atoms with Gasteiger partial charge in [-0.2, -0.15) is 0 Å². The van der Waals surface area contributed by atoms with Crippen molar-refractivity contribution in [2.24, 2.45) is 11.7 Å². The van der Waals surface area contributed by atoms with Crippen LogP contribution in [-0.4, -0.2) is 28.4 Å². The van der Waals surface area contributed by atoms with E-state index in [4.69, 9.17) is 10.5 Å². The van der Waals surface area contributed by atoms with Gasteiger partial charge in [0.1, 0.15) is 17.9 Å². The van der Waals surface area contributed by atoms with Gasteiger partial charge in [-0.1, -0.05) is 0 Å². The molecule has 3 aromatic rings. The lowest BCUT2D eigenvalue weighted by Gasteiger charge is -2.35. The van der Waals surface area contributed by atoms with Crippen LogP contribution in [0.15, 0.2) is 42.4 Å². The molecule has 0 radical (unpaired) electrons. The van der Waals surface area contributed by atoms with Gasteiger partial charge in [0.15, 0.2) is 11.6 Å². The zero-order valence-electron chi connectivity index (χ0n) is 18.8. The van der Waals surface area contributed by atoms with Crippen LogP contribution in [0, 0.1) is 23.4 Å². The van der Waals surface area contributed by atoms with Gasteiger partial charge in [0.25, 0.3) is 0 Å². The van der Waals surface area contributed by atoms with Crippen LogP contribution in [0.3, 0.4) is 0 Å². The fourth-order valence-electron chi connectivity index (χ4n) is 4.75. The Hall–Kier alpha value is -3.42. The monoisotopic (exact) mass is 469 g/mol. The standard InChI is InChI=1S/C26H26F3N3O2/c1-14(2-5-16-11-31-24-20(16)8-17(27)9-23(24)29)32(12-15-3-4-15)18-10-21-19(26(30)33)6-7-22(28)25(21)34-13-18/h6-9,11,13-15,31H,2-5,10,12H2,1H3,(H2,30,33)/t14-/m0/s1. The molecule has 5 nitrogen and oxygen atoms in total. The smallest absolute Gasteiger partial charge is 0.249 e. The van der Waals surface area contributed by atoms with E-state index in [1.165, 1.54) is 18.2 Å². The first-order valence-electron chi connectivity index (χ1n) is 11.5. The molecule has 1 saturated carbocycles. The molecule has 1 aliphatic heterocycles. The quantitative estimate of drug-likeness (QED) is 0.477. The van der Waals surface area contributed by atoms with E-state index in [0.29, 0.717) is 35.2 Å². The van der Waals surface area contributed by atoms with Crippen molar-refractivity contribution in [3.05, 3.63) is 76.6 Å². The van der Waals surface area contributed by atoms with E-state index in [0.717, 1.165) is 43.1 Å². The Balaban J connectivity index is 1.37. The Morgan fingerprint density at radius 1 is 1.24 bits per heavy atom. The molecule has 3 N–H and O–H groups in total. The second-order valence-corrected chi connectivity index (χ2v) is 9.28. The van der Waals surface area contributed by atoms with E-state index >= 15 is 0 Å². The zero-order valence-corrected chi connectivity index (χ0v) is 18.8. The Morgan fingerprint density at radius 2 is 2.03 bits per heavy atom. The number of halogens is 3. The molecule has 0 unspecified atom stereocenters. The van der Waals surface area contributed by atoms with Crippen molar-refractivity contribution in [3.8, 4) is 5.75 Å². The highest BCUT2D eigenvalue weighted by Gasteiger charge is 2.31. The number of H-pyrrole nitrogens is 1. The van der Waals surface area contributed by atoms with Crippen LogP contribution >= 0.6 is 0 Å². The van der Waals surface area contributed by atoms with Crippen LogP contribution in [0.2, 0.25) is 0 Å². The van der Waals surface area contributed by atoms with Gasteiger partial charge in [-0.05, 0) is 62.3 Å². The molecule has 1 aliphatic carbocycles. The molecule has 8 heteroatoms. The van der Waals surface area contributed by atoms with E-state index in [2.05, 4.69) is 16.8 Å². The average molecular weight is 470 g/mol. The number of primary amides is 1. The number of hydrogen-bond donors (Lipinski definition) is 2. The number of nitrogens with two attached hydrogens (primary N) is 1. The molecular formula is C26H26F3N3O2. The highest BCUT2D eigenvalue weighted by atomic mass is 19.1. The lowest BCUT2D eigenvalue weighted by molar-refractivity contribution is 0.0998. The van der Waals surface area contributed by atoms with Crippen molar-refractivity contribution in [2.45, 2.75) is 45.1 Å². The number of fused-ring (bicyclic) bond motifs is 2. The summed E-state index contributed by atoms with van der Waals surface area (Å²) < 4.78 is 47.8. The minimum Gasteiger partial charge on any atom is -0.460 e. The SMILES string of the molecule is C[C@@H](CCc1c[nH]c2c(F)cc(F)cc12)N(CC1CC1)C1=COc2c(F)ccc(C(N)=O)c2C1. The minimum absolute atomic E-state index is 0.0434. The number of amides is 1. The topological polar surface area (TPSA) is 71.3 Å². The lowest BCUT2D eigenvalue weighted by atomic mass is 9.97. The molecule has 178 valence electrons. The molecule has 34 heavy (non-hydrogen) atoms. The largest absolute Gasteiger partial charge is 0.460 e. The Labute approximate surface area is 195 Å². The van der Waals surface area contributed by atoms with Gasteiger partial charge < -0.3 is 20.4 Å². The number of carbonyl (C=O) groups is 1. The maximum absolute atomic E-state index is 14.3. The summed E-state index contributed by atoms with van der Waals surface area (Å²) in [4.78, 5) is 17.1. The minimum atomic E-state index is -0.623. The van der Waals surface area contributed by atoms with Gasteiger partial charge in [0, 0.05) is 47.8 Å². The van der Waals surface area contributed by atoms with Gasteiger partial charge in [-0.3, -0.25) is 4.79 Å². The van der Waals surface area contributed by atoms with Crippen LogP contribution in [-0.2, 0) is 12.8 Å². The van der Waals surface area contributed by atoms with Gasteiger partial charge in [0.2, 0.25) is 5.91 Å². The summed E-state index contributed by atoms with van der Waals surface area (Å²) in [5.74, 6) is -1.75. The molecule has 2 aliphatic rings. The molecule has 5 rings (SSSR count). The predicted molar refractivity (Wildman–Crippen MR) is 123 cm³/mol. The summed E-state index contributed by atoms with van der Waals surface area (Å²) in [6.45, 7) is 2.92. The molecule has 0 saturated heterocycles. The predicted octanol–water partition coefficient (Wildman–Crippen LogP) is 5.19. The second kappa shape index (κ2) is 8.74. The Morgan fingerprint density at radius 3 is 2.76 bits per heavy atom. The number of aromatic nitrogens is 1. The number of aryl methyl sites for hydroxylation is 1. The summed E-state index contributed by atoms with van der Waals surface area (Å²) in [6, 6.07) is 4.89. The van der Waals surface area contributed by atoms with Crippen molar-refractivity contribution in [3.63, 3.8) is 0 Å². The molecule has 0 spiro atoms. The first kappa shape index (κ1) is 22.4. The van der Waals surface area contributed by atoms with Crippen LogP contribution < -0.4 is 10.5 Å². The Bertz CT molecular complexity index is 1300. The first-order chi connectivity index (χ1) is 16.3. The highest BCUT2D eigenvalue weighted by molar-refractivity contribution is 5.95. The molecule has 1 fully saturated rings. The van der Waals surface area contributed by atoms with Crippen LogP contribution in [0.25, 0.3) is 10.9 Å². The maximum atomic E-state index is 14.3. The number of ether oxygens (including phenoxy) is 1. The number of rotatable bonds is 8. The van der Waals surface area contributed by atoms with Gasteiger partial charge in [-0.25, -0.2) is 13.2 Å². The van der Waals surface area contributed by atoms with Gasteiger partial charge in [-0.15, -0.1) is 0 Å². The van der Waals surface area contributed by atoms with E-state index < -0.39 is 23.4 Å². The number of nitrogens with one attached hydrogen (secondary N) is 1. The third-order valence-electron chi connectivity index (χ3n) is 6.82. The maximum Gasteiger partial charge on any atom is 0.249 e. The average Bonchev–Trinajstić information content (AvgIpc) is 3.53. The van der Waals surface area contributed by atoms with E-state index in [9.17, 15) is 18.0 Å². The number of allylic oxidation sites excluding steroid dienone is 1. The number of hydrogen-bond acceptors (Lipinski definition) is 3. The zero-order chi connectivity index (χ0) is 24.0. The molecule has 1 amide bonds. The molecule has 2 heterocycles. The van der Waals surface area contributed by atoms with Crippen molar-refractivity contribution in [1.29, 1.82) is 0 Å². The summed E-state index contributed by atoms with van der Waals surface area (Å²) in [5.41, 5.74) is 8.25. The van der Waals surface area contributed by atoms with Gasteiger partial charge >= 0.3 is 0 Å². The fraction of sp³-hybridized carbons (Fsp3) is 0.346. The highest BCUT2D eigenvalue weighted by Crippen LogP contribution is 2.37. The molecule has 1 aromatic heterocycles. The fourth-order valence-corrected chi connectivity index (χ4v) is 4.75. The molecule has 2 aromatic carbocycles. The van der Waals surface area contributed by atoms with Gasteiger partial charge in [0.05, 0.1) is 11.2 Å². The van der Waals surface area contributed by atoms with E-state index in [1.807, 2.05) is 0 Å². The van der Waals surface area contributed by atoms with Crippen molar-refractivity contribution >= 4 is 16.8 Å². The van der Waals surface area contributed by atoms with Crippen LogP contribution in [0.4, 0.5) is 13.2 Å². The van der Waals surface area contributed by atoms with Crippen LogP contribution in [0.1, 0.15) is 47.7 Å². The summed E-state index contributed by atoms with van der Waals surface area (Å²) in [7, 11) is 0. The number of carbonyl (C=O) groups excluding carboxylic acids is 1. The lowest BCUT2D eigenvalue weighted by Crippen LogP contribution is -2.36.